The molecule has 1 aliphatic heterocycles. The van der Waals surface area contributed by atoms with Crippen molar-refractivity contribution >= 4 is 29.0 Å². The van der Waals surface area contributed by atoms with Gasteiger partial charge in [0.1, 0.15) is 18.1 Å². The largest absolute Gasteiger partial charge is 0.487 e. The van der Waals surface area contributed by atoms with E-state index in [0.29, 0.717) is 41.9 Å². The van der Waals surface area contributed by atoms with Crippen LogP contribution >= 0.6 is 11.6 Å². The van der Waals surface area contributed by atoms with Crippen molar-refractivity contribution in [2.24, 2.45) is 0 Å². The van der Waals surface area contributed by atoms with Crippen LogP contribution in [0.5, 0.6) is 5.75 Å². The van der Waals surface area contributed by atoms with Gasteiger partial charge in [0.2, 0.25) is 0 Å². The minimum Gasteiger partial charge on any atom is -0.487 e. The number of hydrogen-bond donors (Lipinski definition) is 0. The van der Waals surface area contributed by atoms with Crippen LogP contribution in [-0.2, 0) is 17.9 Å². The molecule has 8 heteroatoms. The molecule has 0 bridgehead atoms. The molecule has 1 aromatic heterocycles. The molecule has 7 nitrogen and oxygen atoms in total. The van der Waals surface area contributed by atoms with Gasteiger partial charge in [-0.2, -0.15) is 0 Å². The number of Topliss-reactive ketones (excluding diaryl/α,β-unsaturated/α-hetero) is 1. The van der Waals surface area contributed by atoms with Gasteiger partial charge in [-0.05, 0) is 61.1 Å². The number of unbranched alkanes of at least 4 members (excludes halogenated alkanes) is 1. The SMILES string of the molecule is Cc1ccc(C(C)C)c(OCc2cn(CCCCN3C(=O)C(=O)c4cc(Cl)ccc43)nn2)c1. The normalized spacial score (nSPS) is 13.2. The van der Waals surface area contributed by atoms with Crippen LogP contribution in [0.15, 0.2) is 42.6 Å². The summed E-state index contributed by atoms with van der Waals surface area (Å²) >= 11 is 5.96. The highest BCUT2D eigenvalue weighted by atomic mass is 35.5. The second-order valence-electron chi connectivity index (χ2n) is 8.61. The van der Waals surface area contributed by atoms with Crippen LogP contribution in [0.4, 0.5) is 5.69 Å². The van der Waals surface area contributed by atoms with Gasteiger partial charge in [-0.1, -0.05) is 42.8 Å². The molecule has 1 aliphatic rings. The van der Waals surface area contributed by atoms with Crippen LogP contribution in [0.2, 0.25) is 5.02 Å². The van der Waals surface area contributed by atoms with E-state index in [1.54, 1.807) is 22.9 Å². The van der Waals surface area contributed by atoms with Gasteiger partial charge in [0.15, 0.2) is 0 Å². The van der Waals surface area contributed by atoms with Crippen LogP contribution in [0.3, 0.4) is 0 Å². The highest BCUT2D eigenvalue weighted by Crippen LogP contribution is 2.31. The number of rotatable bonds is 9. The van der Waals surface area contributed by atoms with E-state index >= 15 is 0 Å². The van der Waals surface area contributed by atoms with E-state index in [9.17, 15) is 9.59 Å². The van der Waals surface area contributed by atoms with Crippen molar-refractivity contribution < 1.29 is 14.3 Å². The van der Waals surface area contributed by atoms with Crippen LogP contribution in [-0.4, -0.2) is 33.2 Å². The number of amides is 1. The number of carbonyl (C=O) groups excluding carboxylic acids is 2. The molecule has 0 saturated heterocycles. The van der Waals surface area contributed by atoms with E-state index in [1.807, 2.05) is 13.1 Å². The fourth-order valence-corrected chi connectivity index (χ4v) is 4.12. The van der Waals surface area contributed by atoms with Crippen molar-refractivity contribution in [2.75, 3.05) is 11.4 Å². The molecule has 0 radical (unpaired) electrons. The molecule has 0 fully saturated rings. The van der Waals surface area contributed by atoms with E-state index in [1.165, 1.54) is 10.5 Å². The van der Waals surface area contributed by atoms with Gasteiger partial charge in [0.25, 0.3) is 11.7 Å². The number of fused-ring (bicyclic) bond motifs is 1. The molecule has 33 heavy (non-hydrogen) atoms. The summed E-state index contributed by atoms with van der Waals surface area (Å²) in [7, 11) is 0. The number of benzene rings is 2. The number of anilines is 1. The Hall–Kier alpha value is -3.19. The summed E-state index contributed by atoms with van der Waals surface area (Å²) in [6.07, 6.45) is 3.40. The van der Waals surface area contributed by atoms with Crippen LogP contribution in [0.1, 0.15) is 59.8 Å². The first-order valence-corrected chi connectivity index (χ1v) is 11.5. The first-order valence-electron chi connectivity index (χ1n) is 11.1. The second-order valence-corrected chi connectivity index (χ2v) is 9.05. The van der Waals surface area contributed by atoms with Gasteiger partial charge in [0.05, 0.1) is 17.4 Å². The van der Waals surface area contributed by atoms with Gasteiger partial charge < -0.3 is 9.64 Å². The van der Waals surface area contributed by atoms with Gasteiger partial charge in [0, 0.05) is 18.1 Å². The number of ether oxygens (including phenoxy) is 1. The van der Waals surface area contributed by atoms with Crippen molar-refractivity contribution in [3.05, 3.63) is 70.0 Å². The molecule has 0 saturated carbocycles. The Morgan fingerprint density at radius 2 is 1.85 bits per heavy atom. The lowest BCUT2D eigenvalue weighted by Gasteiger charge is -2.16. The Bertz CT molecular complexity index is 1190. The van der Waals surface area contributed by atoms with Crippen LogP contribution in [0, 0.1) is 6.92 Å². The fourth-order valence-electron chi connectivity index (χ4n) is 3.95. The third-order valence-electron chi connectivity index (χ3n) is 5.71. The molecule has 2 aromatic carbocycles. The standard InChI is InChI=1S/C25H27ClN4O3/c1-16(2)20-8-6-17(3)12-23(20)33-15-19-14-29(28-27-19)10-4-5-11-30-22-9-7-18(26)13-21(22)24(31)25(30)32/h6-9,12-14,16H,4-5,10-11,15H2,1-3H3. The van der Waals surface area contributed by atoms with Crippen molar-refractivity contribution in [1.82, 2.24) is 15.0 Å². The van der Waals surface area contributed by atoms with Crippen LogP contribution < -0.4 is 9.64 Å². The molecule has 0 atom stereocenters. The quantitative estimate of drug-likeness (QED) is 0.329. The maximum Gasteiger partial charge on any atom is 0.299 e. The predicted molar refractivity (Wildman–Crippen MR) is 127 cm³/mol. The monoisotopic (exact) mass is 466 g/mol. The zero-order valence-corrected chi connectivity index (χ0v) is 19.8. The first-order chi connectivity index (χ1) is 15.8. The van der Waals surface area contributed by atoms with Crippen molar-refractivity contribution in [1.29, 1.82) is 0 Å². The third-order valence-corrected chi connectivity index (χ3v) is 5.94. The molecule has 0 unspecified atom stereocenters. The van der Waals surface area contributed by atoms with Gasteiger partial charge >= 0.3 is 0 Å². The number of aryl methyl sites for hydroxylation is 2. The number of aromatic nitrogens is 3. The topological polar surface area (TPSA) is 77.3 Å². The van der Waals surface area contributed by atoms with E-state index in [0.717, 1.165) is 29.8 Å². The average Bonchev–Trinajstić information content (AvgIpc) is 3.33. The summed E-state index contributed by atoms with van der Waals surface area (Å²) in [5.74, 6) is 0.260. The Labute approximate surface area is 198 Å². The van der Waals surface area contributed by atoms with Gasteiger partial charge in [-0.25, -0.2) is 0 Å². The van der Waals surface area contributed by atoms with E-state index in [4.69, 9.17) is 16.3 Å². The number of carbonyl (C=O) groups is 2. The lowest BCUT2D eigenvalue weighted by Crippen LogP contribution is -2.30. The molecule has 0 spiro atoms. The summed E-state index contributed by atoms with van der Waals surface area (Å²) in [6.45, 7) is 7.83. The lowest BCUT2D eigenvalue weighted by atomic mass is 10.0. The minimum atomic E-state index is -0.498. The van der Waals surface area contributed by atoms with Crippen molar-refractivity contribution in [3.8, 4) is 5.75 Å². The van der Waals surface area contributed by atoms with E-state index in [-0.39, 0.29) is 0 Å². The minimum absolute atomic E-state index is 0.354. The zero-order chi connectivity index (χ0) is 23.5. The lowest BCUT2D eigenvalue weighted by molar-refractivity contribution is -0.114. The first kappa shape index (κ1) is 23.0. The molecule has 2 heterocycles. The Morgan fingerprint density at radius 1 is 1.06 bits per heavy atom. The van der Waals surface area contributed by atoms with E-state index in [2.05, 4.69) is 42.4 Å². The molecular weight excluding hydrogens is 440 g/mol. The summed E-state index contributed by atoms with van der Waals surface area (Å²) < 4.78 is 7.81. The highest BCUT2D eigenvalue weighted by molar-refractivity contribution is 6.52. The molecule has 1 amide bonds. The molecule has 0 aliphatic carbocycles. The van der Waals surface area contributed by atoms with Crippen molar-refractivity contribution in [3.63, 3.8) is 0 Å². The number of hydrogen-bond acceptors (Lipinski definition) is 5. The maximum atomic E-state index is 12.3. The zero-order valence-electron chi connectivity index (χ0n) is 19.0. The van der Waals surface area contributed by atoms with Crippen LogP contribution in [0.25, 0.3) is 0 Å². The third kappa shape index (κ3) is 5.09. The maximum absolute atomic E-state index is 12.3. The fraction of sp³-hybridized carbons (Fsp3) is 0.360. The summed E-state index contributed by atoms with van der Waals surface area (Å²) in [6, 6.07) is 11.2. The molecular formula is C25H27ClN4O3. The molecule has 0 N–H and O–H groups in total. The Morgan fingerprint density at radius 3 is 2.64 bits per heavy atom. The number of ketones is 1. The summed E-state index contributed by atoms with van der Waals surface area (Å²) in [5.41, 5.74) is 4.10. The van der Waals surface area contributed by atoms with E-state index < -0.39 is 11.7 Å². The molecule has 4 rings (SSSR count). The van der Waals surface area contributed by atoms with Gasteiger partial charge in [-0.3, -0.25) is 14.3 Å². The number of halogens is 1. The van der Waals surface area contributed by atoms with Crippen molar-refractivity contribution in [2.45, 2.75) is 52.7 Å². The highest BCUT2D eigenvalue weighted by Gasteiger charge is 2.35. The molecule has 172 valence electrons. The Balaban J connectivity index is 1.28. The summed E-state index contributed by atoms with van der Waals surface area (Å²) in [5, 5.41) is 8.84. The smallest absolute Gasteiger partial charge is 0.299 e. The Kier molecular flexibility index (Phi) is 6.79. The average molecular weight is 467 g/mol. The summed E-state index contributed by atoms with van der Waals surface area (Å²) in [4.78, 5) is 26.0. The second kappa shape index (κ2) is 9.75. The predicted octanol–water partition coefficient (Wildman–Crippen LogP) is 4.95. The molecule has 3 aromatic rings. The van der Waals surface area contributed by atoms with Gasteiger partial charge in [-0.15, -0.1) is 5.10 Å². The number of nitrogens with zero attached hydrogens (tertiary/aromatic N) is 4.